The number of nitrogens with zero attached hydrogens (tertiary/aromatic N) is 4. The second kappa shape index (κ2) is 8.16. The van der Waals surface area contributed by atoms with Crippen LogP contribution in [0.3, 0.4) is 0 Å². The molecule has 6 nitrogen and oxygen atoms in total. The first-order chi connectivity index (χ1) is 15.2. The van der Waals surface area contributed by atoms with Crippen molar-refractivity contribution < 1.29 is 13.2 Å². The van der Waals surface area contributed by atoms with Gasteiger partial charge in [0.05, 0.1) is 22.6 Å². The van der Waals surface area contributed by atoms with Crippen molar-refractivity contribution in [3.8, 4) is 5.69 Å². The summed E-state index contributed by atoms with van der Waals surface area (Å²) in [6, 6.07) is 11.3. The standard InChI is InChI=1S/C22H16ClF3N4O2/c1-2-11-29-20(31)18-19(30(21(29)32)17-6-4-3-5-16(17)23)27-13-28(18)12-14-7-9-15(10-8-14)22(24,25)26/h2-10,13H,1,11-12H2. The van der Waals surface area contributed by atoms with Gasteiger partial charge in [-0.15, -0.1) is 6.58 Å². The number of hydrogen-bond acceptors (Lipinski definition) is 3. The fourth-order valence-electron chi connectivity index (χ4n) is 3.44. The summed E-state index contributed by atoms with van der Waals surface area (Å²) in [6.45, 7) is 3.64. The summed E-state index contributed by atoms with van der Waals surface area (Å²) in [7, 11) is 0. The third kappa shape index (κ3) is 3.75. The summed E-state index contributed by atoms with van der Waals surface area (Å²) in [5, 5.41) is 0.289. The zero-order valence-electron chi connectivity index (χ0n) is 16.5. The van der Waals surface area contributed by atoms with Crippen LogP contribution >= 0.6 is 11.6 Å². The minimum atomic E-state index is -4.44. The molecule has 0 aliphatic heterocycles. The van der Waals surface area contributed by atoms with E-state index in [9.17, 15) is 22.8 Å². The van der Waals surface area contributed by atoms with E-state index in [2.05, 4.69) is 11.6 Å². The smallest absolute Gasteiger partial charge is 0.320 e. The van der Waals surface area contributed by atoms with Crippen LogP contribution in [0.4, 0.5) is 13.2 Å². The monoisotopic (exact) mass is 460 g/mol. The Morgan fingerprint density at radius 2 is 1.75 bits per heavy atom. The Bertz CT molecular complexity index is 1430. The summed E-state index contributed by atoms with van der Waals surface area (Å²) in [6.07, 6.45) is -1.65. The van der Waals surface area contributed by atoms with Crippen molar-refractivity contribution in [1.82, 2.24) is 18.7 Å². The summed E-state index contributed by atoms with van der Waals surface area (Å²) in [5.74, 6) is 0. The van der Waals surface area contributed by atoms with Crippen LogP contribution in [0.1, 0.15) is 11.1 Å². The molecular weight excluding hydrogens is 445 g/mol. The van der Waals surface area contributed by atoms with Gasteiger partial charge in [-0.1, -0.05) is 41.9 Å². The van der Waals surface area contributed by atoms with Gasteiger partial charge >= 0.3 is 11.9 Å². The average molecular weight is 461 g/mol. The van der Waals surface area contributed by atoms with Crippen LogP contribution in [0.15, 0.2) is 77.1 Å². The van der Waals surface area contributed by atoms with E-state index in [-0.39, 0.29) is 29.3 Å². The number of allylic oxidation sites excluding steroid dienone is 1. The molecule has 0 bridgehead atoms. The summed E-state index contributed by atoms with van der Waals surface area (Å²) in [4.78, 5) is 30.5. The van der Waals surface area contributed by atoms with Gasteiger partial charge in [-0.25, -0.2) is 14.3 Å². The minimum absolute atomic E-state index is 0.0382. The third-order valence-electron chi connectivity index (χ3n) is 4.94. The van der Waals surface area contributed by atoms with Crippen LogP contribution in [-0.2, 0) is 19.3 Å². The third-order valence-corrected chi connectivity index (χ3v) is 5.26. The molecule has 0 atom stereocenters. The molecule has 2 aromatic heterocycles. The van der Waals surface area contributed by atoms with Gasteiger partial charge in [0.2, 0.25) is 0 Å². The zero-order chi connectivity index (χ0) is 23.0. The van der Waals surface area contributed by atoms with Gasteiger partial charge in [0, 0.05) is 13.1 Å². The molecule has 0 unspecified atom stereocenters. The minimum Gasteiger partial charge on any atom is -0.320 e. The van der Waals surface area contributed by atoms with Gasteiger partial charge in [-0.3, -0.25) is 9.36 Å². The van der Waals surface area contributed by atoms with E-state index in [1.807, 2.05) is 0 Å². The maximum absolute atomic E-state index is 13.1. The van der Waals surface area contributed by atoms with Gasteiger partial charge in [-0.05, 0) is 29.8 Å². The highest BCUT2D eigenvalue weighted by molar-refractivity contribution is 6.32. The molecule has 0 radical (unpaired) electrons. The largest absolute Gasteiger partial charge is 0.416 e. The molecule has 0 saturated heterocycles. The summed E-state index contributed by atoms with van der Waals surface area (Å²) in [5.41, 5.74) is -0.888. The van der Waals surface area contributed by atoms with Gasteiger partial charge in [0.1, 0.15) is 0 Å². The van der Waals surface area contributed by atoms with Gasteiger partial charge in [0.15, 0.2) is 11.2 Å². The van der Waals surface area contributed by atoms with Crippen molar-refractivity contribution in [2.45, 2.75) is 19.3 Å². The first kappa shape index (κ1) is 21.6. The Kier molecular flexibility index (Phi) is 5.52. The van der Waals surface area contributed by atoms with Gasteiger partial charge in [-0.2, -0.15) is 13.2 Å². The van der Waals surface area contributed by atoms with Crippen LogP contribution in [0.25, 0.3) is 16.9 Å². The highest BCUT2D eigenvalue weighted by Gasteiger charge is 2.30. The lowest BCUT2D eigenvalue weighted by Crippen LogP contribution is -2.39. The van der Waals surface area contributed by atoms with Crippen molar-refractivity contribution in [3.63, 3.8) is 0 Å². The average Bonchev–Trinajstić information content (AvgIpc) is 3.15. The molecule has 2 heterocycles. The Morgan fingerprint density at radius 1 is 1.06 bits per heavy atom. The lowest BCUT2D eigenvalue weighted by Gasteiger charge is -2.13. The number of benzene rings is 2. The topological polar surface area (TPSA) is 61.8 Å². The molecule has 0 fully saturated rings. The van der Waals surface area contributed by atoms with Crippen molar-refractivity contribution in [1.29, 1.82) is 0 Å². The number of fused-ring (bicyclic) bond motifs is 1. The molecule has 32 heavy (non-hydrogen) atoms. The number of halogens is 4. The second-order valence-corrected chi connectivity index (χ2v) is 7.42. The van der Waals surface area contributed by atoms with Gasteiger partial charge in [0.25, 0.3) is 5.56 Å². The Morgan fingerprint density at radius 3 is 2.38 bits per heavy atom. The summed E-state index contributed by atoms with van der Waals surface area (Å²) < 4.78 is 42.3. The summed E-state index contributed by atoms with van der Waals surface area (Å²) >= 11 is 6.29. The molecule has 4 aromatic rings. The van der Waals surface area contributed by atoms with Crippen molar-refractivity contribution >= 4 is 22.8 Å². The maximum atomic E-state index is 13.1. The molecule has 10 heteroatoms. The predicted molar refractivity (Wildman–Crippen MR) is 115 cm³/mol. The zero-order valence-corrected chi connectivity index (χ0v) is 17.3. The van der Waals surface area contributed by atoms with E-state index in [1.165, 1.54) is 33.7 Å². The molecule has 0 aliphatic rings. The molecule has 2 aromatic carbocycles. The van der Waals surface area contributed by atoms with Crippen molar-refractivity contribution in [2.24, 2.45) is 0 Å². The molecule has 0 N–H and O–H groups in total. The number of para-hydroxylation sites is 1. The van der Waals surface area contributed by atoms with E-state index in [0.29, 0.717) is 11.3 Å². The first-order valence-electron chi connectivity index (χ1n) is 9.45. The first-order valence-corrected chi connectivity index (χ1v) is 9.83. The maximum Gasteiger partial charge on any atom is 0.416 e. The van der Waals surface area contributed by atoms with Crippen LogP contribution < -0.4 is 11.2 Å². The van der Waals surface area contributed by atoms with Crippen LogP contribution in [0, 0.1) is 0 Å². The molecule has 0 spiro atoms. The fraction of sp³-hybridized carbons (Fsp3) is 0.136. The fourth-order valence-corrected chi connectivity index (χ4v) is 3.66. The van der Waals surface area contributed by atoms with E-state index in [1.54, 1.807) is 24.3 Å². The Balaban J connectivity index is 1.91. The Labute approximate surface area is 184 Å². The normalized spacial score (nSPS) is 11.8. The molecule has 164 valence electrons. The number of imidazole rings is 1. The highest BCUT2D eigenvalue weighted by atomic mass is 35.5. The van der Waals surface area contributed by atoms with E-state index < -0.39 is 23.0 Å². The molecule has 0 aliphatic carbocycles. The SMILES string of the molecule is C=CCn1c(=O)c2c(ncn2Cc2ccc(C(F)(F)F)cc2)n(-c2ccccc2Cl)c1=O. The molecule has 0 saturated carbocycles. The van der Waals surface area contributed by atoms with Crippen LogP contribution in [-0.4, -0.2) is 18.7 Å². The Hall–Kier alpha value is -3.59. The van der Waals surface area contributed by atoms with Crippen molar-refractivity contribution in [3.05, 3.63) is 105 Å². The van der Waals surface area contributed by atoms with E-state index in [4.69, 9.17) is 11.6 Å². The number of hydrogen-bond donors (Lipinski definition) is 0. The van der Waals surface area contributed by atoms with E-state index in [0.717, 1.165) is 16.7 Å². The predicted octanol–water partition coefficient (Wildman–Crippen LogP) is 4.26. The molecular formula is C22H16ClF3N4O2. The van der Waals surface area contributed by atoms with E-state index >= 15 is 0 Å². The van der Waals surface area contributed by atoms with Crippen LogP contribution in [0.2, 0.25) is 5.02 Å². The number of rotatable bonds is 5. The quantitative estimate of drug-likeness (QED) is 0.418. The highest BCUT2D eigenvalue weighted by Crippen LogP contribution is 2.29. The number of alkyl halides is 3. The van der Waals surface area contributed by atoms with Gasteiger partial charge < -0.3 is 4.57 Å². The van der Waals surface area contributed by atoms with Crippen LogP contribution in [0.5, 0.6) is 0 Å². The lowest BCUT2D eigenvalue weighted by atomic mass is 10.1. The second-order valence-electron chi connectivity index (χ2n) is 7.01. The molecule has 0 amide bonds. The number of aromatic nitrogens is 4. The lowest BCUT2D eigenvalue weighted by molar-refractivity contribution is -0.137. The van der Waals surface area contributed by atoms with Crippen molar-refractivity contribution in [2.75, 3.05) is 0 Å². The molecule has 4 rings (SSSR count).